The molecule has 1 aromatic heterocycles. The molecule has 1 N–H and O–H groups in total. The van der Waals surface area contributed by atoms with Crippen molar-refractivity contribution in [2.75, 3.05) is 0 Å². The molecule has 3 nitrogen and oxygen atoms in total. The van der Waals surface area contributed by atoms with Gasteiger partial charge in [-0.2, -0.15) is 0 Å². The molecule has 82 valence electrons. The van der Waals surface area contributed by atoms with Crippen LogP contribution in [0.1, 0.15) is 28.1 Å². The lowest BCUT2D eigenvalue weighted by Crippen LogP contribution is -2.02. The first-order chi connectivity index (χ1) is 7.83. The summed E-state index contributed by atoms with van der Waals surface area (Å²) < 4.78 is 5.39. The van der Waals surface area contributed by atoms with Crippen LogP contribution in [-0.4, -0.2) is 5.16 Å². The van der Waals surface area contributed by atoms with Gasteiger partial charge >= 0.3 is 0 Å². The SMILES string of the molecule is Cc1cccc(Cc2onc3c2CNC3)c1. The van der Waals surface area contributed by atoms with Crippen LogP contribution >= 0.6 is 0 Å². The highest BCUT2D eigenvalue weighted by atomic mass is 16.5. The van der Waals surface area contributed by atoms with Gasteiger partial charge in [0.2, 0.25) is 0 Å². The van der Waals surface area contributed by atoms with Crippen molar-refractivity contribution in [3.8, 4) is 0 Å². The third kappa shape index (κ3) is 1.63. The van der Waals surface area contributed by atoms with Crippen LogP contribution in [0.25, 0.3) is 0 Å². The fraction of sp³-hybridized carbons (Fsp3) is 0.308. The monoisotopic (exact) mass is 214 g/mol. The van der Waals surface area contributed by atoms with E-state index in [9.17, 15) is 0 Å². The number of aryl methyl sites for hydroxylation is 1. The number of hydrogen-bond donors (Lipinski definition) is 1. The summed E-state index contributed by atoms with van der Waals surface area (Å²) in [7, 11) is 0. The van der Waals surface area contributed by atoms with Crippen molar-refractivity contribution in [2.45, 2.75) is 26.4 Å². The molecule has 1 aliphatic rings. The molecule has 0 saturated carbocycles. The number of benzene rings is 1. The van der Waals surface area contributed by atoms with E-state index in [0.717, 1.165) is 31.0 Å². The van der Waals surface area contributed by atoms with Crippen LogP contribution in [0.4, 0.5) is 0 Å². The van der Waals surface area contributed by atoms with Gasteiger partial charge in [-0.25, -0.2) is 0 Å². The summed E-state index contributed by atoms with van der Waals surface area (Å²) >= 11 is 0. The van der Waals surface area contributed by atoms with Gasteiger partial charge in [-0.15, -0.1) is 0 Å². The minimum atomic E-state index is 0.839. The Labute approximate surface area is 94.5 Å². The van der Waals surface area contributed by atoms with Gasteiger partial charge in [-0.3, -0.25) is 0 Å². The Kier molecular flexibility index (Phi) is 2.26. The van der Waals surface area contributed by atoms with Gasteiger partial charge < -0.3 is 9.84 Å². The van der Waals surface area contributed by atoms with E-state index < -0.39 is 0 Å². The minimum absolute atomic E-state index is 0.839. The van der Waals surface area contributed by atoms with Crippen LogP contribution in [0.3, 0.4) is 0 Å². The average Bonchev–Trinajstić information content (AvgIpc) is 2.83. The Morgan fingerprint density at radius 2 is 2.31 bits per heavy atom. The molecule has 3 rings (SSSR count). The zero-order valence-electron chi connectivity index (χ0n) is 9.29. The lowest BCUT2D eigenvalue weighted by Gasteiger charge is -2.00. The summed E-state index contributed by atoms with van der Waals surface area (Å²) in [5.74, 6) is 1.01. The Bertz CT molecular complexity index is 516. The van der Waals surface area contributed by atoms with Crippen molar-refractivity contribution in [1.82, 2.24) is 10.5 Å². The third-order valence-electron chi connectivity index (χ3n) is 2.99. The van der Waals surface area contributed by atoms with Gasteiger partial charge in [0.1, 0.15) is 11.5 Å². The lowest BCUT2D eigenvalue weighted by atomic mass is 10.1. The van der Waals surface area contributed by atoms with E-state index in [1.165, 1.54) is 16.7 Å². The van der Waals surface area contributed by atoms with E-state index >= 15 is 0 Å². The second kappa shape index (κ2) is 3.76. The molecule has 2 aromatic rings. The van der Waals surface area contributed by atoms with Crippen molar-refractivity contribution in [3.63, 3.8) is 0 Å². The van der Waals surface area contributed by atoms with Crippen LogP contribution < -0.4 is 5.32 Å². The van der Waals surface area contributed by atoms with Crippen molar-refractivity contribution in [2.24, 2.45) is 0 Å². The molecule has 0 saturated heterocycles. The molecular formula is C13H14N2O. The van der Waals surface area contributed by atoms with Crippen LogP contribution in [0, 0.1) is 6.92 Å². The van der Waals surface area contributed by atoms with Gasteiger partial charge in [0.05, 0.1) is 0 Å². The van der Waals surface area contributed by atoms with E-state index in [1.807, 2.05) is 0 Å². The number of nitrogens with one attached hydrogen (secondary N) is 1. The zero-order chi connectivity index (χ0) is 11.0. The predicted molar refractivity (Wildman–Crippen MR) is 61.0 cm³/mol. The maximum atomic E-state index is 5.39. The number of rotatable bonds is 2. The Balaban J connectivity index is 1.89. The predicted octanol–water partition coefficient (Wildman–Crippen LogP) is 2.18. The van der Waals surface area contributed by atoms with Gasteiger partial charge in [0, 0.05) is 25.1 Å². The Morgan fingerprint density at radius 1 is 1.38 bits per heavy atom. The highest BCUT2D eigenvalue weighted by Gasteiger charge is 2.20. The summed E-state index contributed by atoms with van der Waals surface area (Å²) in [6.07, 6.45) is 0.839. The highest BCUT2D eigenvalue weighted by molar-refractivity contribution is 5.32. The quantitative estimate of drug-likeness (QED) is 0.832. The molecule has 0 unspecified atom stereocenters. The summed E-state index contributed by atoms with van der Waals surface area (Å²) in [4.78, 5) is 0. The van der Waals surface area contributed by atoms with Crippen LogP contribution in [0.15, 0.2) is 28.8 Å². The fourth-order valence-electron chi connectivity index (χ4n) is 2.17. The second-order valence-electron chi connectivity index (χ2n) is 4.30. The Morgan fingerprint density at radius 3 is 3.19 bits per heavy atom. The fourth-order valence-corrected chi connectivity index (χ4v) is 2.17. The molecule has 0 atom stereocenters. The molecule has 0 aliphatic carbocycles. The first kappa shape index (κ1) is 9.60. The molecular weight excluding hydrogens is 200 g/mol. The molecule has 0 radical (unpaired) electrons. The molecule has 1 aromatic carbocycles. The van der Waals surface area contributed by atoms with Gasteiger partial charge in [-0.05, 0) is 12.5 Å². The van der Waals surface area contributed by atoms with E-state index in [-0.39, 0.29) is 0 Å². The standard InChI is InChI=1S/C13H14N2O/c1-9-3-2-4-10(5-9)6-13-11-7-14-8-12(11)15-16-13/h2-5,14H,6-8H2,1H3. The summed E-state index contributed by atoms with van der Waals surface area (Å²) in [6, 6.07) is 8.51. The largest absolute Gasteiger partial charge is 0.360 e. The van der Waals surface area contributed by atoms with E-state index in [2.05, 4.69) is 41.7 Å². The smallest absolute Gasteiger partial charge is 0.145 e. The lowest BCUT2D eigenvalue weighted by molar-refractivity contribution is 0.376. The molecule has 3 heteroatoms. The summed E-state index contributed by atoms with van der Waals surface area (Å²) in [6.45, 7) is 3.84. The molecule has 16 heavy (non-hydrogen) atoms. The van der Waals surface area contributed by atoms with E-state index in [0.29, 0.717) is 0 Å². The third-order valence-corrected chi connectivity index (χ3v) is 2.99. The molecule has 0 amide bonds. The minimum Gasteiger partial charge on any atom is -0.360 e. The highest BCUT2D eigenvalue weighted by Crippen LogP contribution is 2.21. The van der Waals surface area contributed by atoms with Gasteiger partial charge in [0.25, 0.3) is 0 Å². The zero-order valence-corrected chi connectivity index (χ0v) is 9.29. The van der Waals surface area contributed by atoms with Crippen LogP contribution in [0.5, 0.6) is 0 Å². The first-order valence-corrected chi connectivity index (χ1v) is 5.55. The Hall–Kier alpha value is -1.61. The van der Waals surface area contributed by atoms with Crippen LogP contribution in [0.2, 0.25) is 0 Å². The normalized spacial score (nSPS) is 14.1. The first-order valence-electron chi connectivity index (χ1n) is 5.55. The molecule has 0 bridgehead atoms. The van der Waals surface area contributed by atoms with Crippen molar-refractivity contribution in [1.29, 1.82) is 0 Å². The topological polar surface area (TPSA) is 38.1 Å². The summed E-state index contributed by atoms with van der Waals surface area (Å²) in [5, 5.41) is 7.36. The maximum absolute atomic E-state index is 5.39. The van der Waals surface area contributed by atoms with Gasteiger partial charge in [0.15, 0.2) is 0 Å². The number of aromatic nitrogens is 1. The average molecular weight is 214 g/mol. The number of nitrogens with zero attached hydrogens (tertiary/aromatic N) is 1. The molecule has 2 heterocycles. The van der Waals surface area contributed by atoms with Gasteiger partial charge in [-0.1, -0.05) is 35.0 Å². The molecule has 0 spiro atoms. The number of hydrogen-bond acceptors (Lipinski definition) is 3. The van der Waals surface area contributed by atoms with Crippen molar-refractivity contribution in [3.05, 3.63) is 52.4 Å². The maximum Gasteiger partial charge on any atom is 0.145 e. The van der Waals surface area contributed by atoms with Crippen molar-refractivity contribution < 1.29 is 4.52 Å². The van der Waals surface area contributed by atoms with Crippen LogP contribution in [-0.2, 0) is 19.5 Å². The van der Waals surface area contributed by atoms with Crippen molar-refractivity contribution >= 4 is 0 Å². The van der Waals surface area contributed by atoms with E-state index in [4.69, 9.17) is 4.52 Å². The number of fused-ring (bicyclic) bond motifs is 1. The molecule has 0 fully saturated rings. The van der Waals surface area contributed by atoms with E-state index in [1.54, 1.807) is 0 Å². The second-order valence-corrected chi connectivity index (χ2v) is 4.30. The summed E-state index contributed by atoms with van der Waals surface area (Å²) in [5.41, 5.74) is 4.89. The molecule has 1 aliphatic heterocycles.